The zero-order chi connectivity index (χ0) is 9.97. The second-order valence-electron chi connectivity index (χ2n) is 3.86. The molecule has 1 aromatic rings. The van der Waals surface area contributed by atoms with Gasteiger partial charge in [0.05, 0.1) is 0 Å². The molecule has 0 saturated carbocycles. The molecule has 1 heterocycles. The summed E-state index contributed by atoms with van der Waals surface area (Å²) >= 11 is 0. The predicted molar refractivity (Wildman–Crippen MR) is 57.2 cm³/mol. The predicted octanol–water partition coefficient (Wildman–Crippen LogP) is 2.99. The van der Waals surface area contributed by atoms with E-state index in [0.717, 1.165) is 25.2 Å². The Morgan fingerprint density at radius 2 is 2.29 bits per heavy atom. The van der Waals surface area contributed by atoms with Crippen LogP contribution in [0.3, 0.4) is 0 Å². The van der Waals surface area contributed by atoms with Gasteiger partial charge in [-0.25, -0.2) is 4.39 Å². The fraction of sp³-hybridized carbons (Fsp3) is 0.500. The number of nitrogens with zero attached hydrogens (tertiary/aromatic N) is 1. The first-order valence-corrected chi connectivity index (χ1v) is 5.34. The van der Waals surface area contributed by atoms with E-state index in [4.69, 9.17) is 0 Å². The van der Waals surface area contributed by atoms with Crippen LogP contribution in [0.1, 0.15) is 25.3 Å². The molecule has 2 rings (SSSR count). The standard InChI is InChI=1S/C12H16FN/c1-2-3-7-14-8-6-10-4-5-11(13)9-12(10)14/h4-5,9H,2-3,6-8H2,1H3. The lowest BCUT2D eigenvalue weighted by Gasteiger charge is -2.18. The van der Waals surface area contributed by atoms with Crippen LogP contribution in [-0.2, 0) is 6.42 Å². The number of rotatable bonds is 3. The summed E-state index contributed by atoms with van der Waals surface area (Å²) in [6.07, 6.45) is 3.45. The van der Waals surface area contributed by atoms with Gasteiger partial charge in [-0.05, 0) is 30.5 Å². The summed E-state index contributed by atoms with van der Waals surface area (Å²) in [4.78, 5) is 2.29. The first-order chi connectivity index (χ1) is 6.81. The van der Waals surface area contributed by atoms with Crippen molar-refractivity contribution in [3.05, 3.63) is 29.6 Å². The third-order valence-electron chi connectivity index (χ3n) is 2.82. The van der Waals surface area contributed by atoms with Crippen LogP contribution in [0.4, 0.5) is 10.1 Å². The van der Waals surface area contributed by atoms with Crippen molar-refractivity contribution in [1.82, 2.24) is 0 Å². The molecular weight excluding hydrogens is 177 g/mol. The Morgan fingerprint density at radius 3 is 3.07 bits per heavy atom. The van der Waals surface area contributed by atoms with E-state index < -0.39 is 0 Å². The molecule has 14 heavy (non-hydrogen) atoms. The molecule has 1 aromatic carbocycles. The highest BCUT2D eigenvalue weighted by Gasteiger charge is 2.18. The zero-order valence-electron chi connectivity index (χ0n) is 8.59. The molecule has 0 radical (unpaired) electrons. The number of unbranched alkanes of at least 4 members (excludes halogenated alkanes) is 1. The van der Waals surface area contributed by atoms with E-state index in [9.17, 15) is 4.39 Å². The molecule has 1 aliphatic heterocycles. The van der Waals surface area contributed by atoms with Gasteiger partial charge >= 0.3 is 0 Å². The third-order valence-corrected chi connectivity index (χ3v) is 2.82. The lowest BCUT2D eigenvalue weighted by Crippen LogP contribution is -2.21. The monoisotopic (exact) mass is 193 g/mol. The summed E-state index contributed by atoms with van der Waals surface area (Å²) in [5.74, 6) is -0.118. The Balaban J connectivity index is 2.16. The van der Waals surface area contributed by atoms with Crippen molar-refractivity contribution in [2.45, 2.75) is 26.2 Å². The van der Waals surface area contributed by atoms with Crippen molar-refractivity contribution in [3.8, 4) is 0 Å². The number of hydrogen-bond acceptors (Lipinski definition) is 1. The third kappa shape index (κ3) is 1.74. The lowest BCUT2D eigenvalue weighted by molar-refractivity contribution is 0.627. The Hall–Kier alpha value is -1.05. The van der Waals surface area contributed by atoms with Crippen LogP contribution in [-0.4, -0.2) is 13.1 Å². The van der Waals surface area contributed by atoms with Crippen LogP contribution in [0.15, 0.2) is 18.2 Å². The SMILES string of the molecule is CCCCN1CCc2ccc(F)cc21. The molecule has 0 aliphatic carbocycles. The molecule has 0 saturated heterocycles. The van der Waals surface area contributed by atoms with Crippen molar-refractivity contribution in [3.63, 3.8) is 0 Å². The number of anilines is 1. The van der Waals surface area contributed by atoms with E-state index in [2.05, 4.69) is 11.8 Å². The molecular formula is C12H16FN. The van der Waals surface area contributed by atoms with Crippen LogP contribution >= 0.6 is 0 Å². The van der Waals surface area contributed by atoms with Crippen molar-refractivity contribution in [1.29, 1.82) is 0 Å². The minimum atomic E-state index is -0.118. The lowest BCUT2D eigenvalue weighted by atomic mass is 10.2. The minimum absolute atomic E-state index is 0.118. The topological polar surface area (TPSA) is 3.24 Å². The van der Waals surface area contributed by atoms with Gasteiger partial charge in [-0.15, -0.1) is 0 Å². The van der Waals surface area contributed by atoms with Crippen LogP contribution in [0, 0.1) is 5.82 Å². The van der Waals surface area contributed by atoms with E-state index in [1.54, 1.807) is 12.1 Å². The maximum Gasteiger partial charge on any atom is 0.125 e. The molecule has 0 bridgehead atoms. The Bertz CT molecular complexity index is 322. The molecule has 1 nitrogen and oxygen atoms in total. The summed E-state index contributed by atoms with van der Waals surface area (Å²) in [6, 6.07) is 5.14. The molecule has 0 aromatic heterocycles. The molecule has 0 unspecified atom stereocenters. The zero-order valence-corrected chi connectivity index (χ0v) is 8.59. The van der Waals surface area contributed by atoms with Gasteiger partial charge in [-0.2, -0.15) is 0 Å². The number of halogens is 1. The van der Waals surface area contributed by atoms with Gasteiger partial charge in [-0.1, -0.05) is 19.4 Å². The van der Waals surface area contributed by atoms with Gasteiger partial charge in [0.25, 0.3) is 0 Å². The highest BCUT2D eigenvalue weighted by Crippen LogP contribution is 2.28. The van der Waals surface area contributed by atoms with E-state index >= 15 is 0 Å². The number of fused-ring (bicyclic) bond motifs is 1. The van der Waals surface area contributed by atoms with Gasteiger partial charge in [0.1, 0.15) is 5.82 Å². The highest BCUT2D eigenvalue weighted by atomic mass is 19.1. The summed E-state index contributed by atoms with van der Waals surface area (Å²) in [7, 11) is 0. The number of hydrogen-bond donors (Lipinski definition) is 0. The molecule has 0 fully saturated rings. The molecule has 0 spiro atoms. The highest BCUT2D eigenvalue weighted by molar-refractivity contribution is 5.57. The van der Waals surface area contributed by atoms with Crippen LogP contribution < -0.4 is 4.90 Å². The fourth-order valence-corrected chi connectivity index (χ4v) is 2.00. The summed E-state index contributed by atoms with van der Waals surface area (Å²) in [5.41, 5.74) is 2.40. The molecule has 76 valence electrons. The molecule has 0 atom stereocenters. The summed E-state index contributed by atoms with van der Waals surface area (Å²) in [6.45, 7) is 4.30. The Labute approximate surface area is 84.5 Å². The summed E-state index contributed by atoms with van der Waals surface area (Å²) < 4.78 is 13.0. The number of benzene rings is 1. The fourth-order valence-electron chi connectivity index (χ4n) is 2.00. The largest absolute Gasteiger partial charge is 0.371 e. The van der Waals surface area contributed by atoms with E-state index in [-0.39, 0.29) is 5.82 Å². The van der Waals surface area contributed by atoms with Crippen molar-refractivity contribution in [2.24, 2.45) is 0 Å². The second-order valence-corrected chi connectivity index (χ2v) is 3.86. The van der Waals surface area contributed by atoms with E-state index in [0.29, 0.717) is 0 Å². The van der Waals surface area contributed by atoms with Gasteiger partial charge in [0.15, 0.2) is 0 Å². The summed E-state index contributed by atoms with van der Waals surface area (Å²) in [5, 5.41) is 0. The molecule has 0 amide bonds. The quantitative estimate of drug-likeness (QED) is 0.713. The van der Waals surface area contributed by atoms with Gasteiger partial charge in [0.2, 0.25) is 0 Å². The van der Waals surface area contributed by atoms with Crippen LogP contribution in [0.2, 0.25) is 0 Å². The van der Waals surface area contributed by atoms with Gasteiger partial charge in [0, 0.05) is 18.8 Å². The second kappa shape index (κ2) is 3.99. The Kier molecular flexibility index (Phi) is 2.71. The van der Waals surface area contributed by atoms with Crippen LogP contribution in [0.25, 0.3) is 0 Å². The first kappa shape index (κ1) is 9.50. The van der Waals surface area contributed by atoms with E-state index in [1.807, 2.05) is 6.07 Å². The average molecular weight is 193 g/mol. The average Bonchev–Trinajstić information content (AvgIpc) is 2.57. The van der Waals surface area contributed by atoms with Gasteiger partial charge < -0.3 is 4.90 Å². The van der Waals surface area contributed by atoms with Crippen molar-refractivity contribution < 1.29 is 4.39 Å². The van der Waals surface area contributed by atoms with Crippen LogP contribution in [0.5, 0.6) is 0 Å². The van der Waals surface area contributed by atoms with Crippen molar-refractivity contribution >= 4 is 5.69 Å². The maximum absolute atomic E-state index is 13.0. The molecule has 2 heteroatoms. The van der Waals surface area contributed by atoms with Gasteiger partial charge in [-0.3, -0.25) is 0 Å². The minimum Gasteiger partial charge on any atom is -0.371 e. The van der Waals surface area contributed by atoms with Crippen molar-refractivity contribution in [2.75, 3.05) is 18.0 Å². The van der Waals surface area contributed by atoms with E-state index in [1.165, 1.54) is 18.4 Å². The normalized spacial score (nSPS) is 14.6. The Morgan fingerprint density at radius 1 is 1.43 bits per heavy atom. The first-order valence-electron chi connectivity index (χ1n) is 5.34. The maximum atomic E-state index is 13.0. The molecule has 1 aliphatic rings. The molecule has 0 N–H and O–H groups in total. The smallest absolute Gasteiger partial charge is 0.125 e.